The zero-order chi connectivity index (χ0) is 26.5. The molecule has 0 bridgehead atoms. The maximum Gasteiger partial charge on any atom is 0.297 e. The van der Waals surface area contributed by atoms with Crippen LogP contribution in [0.1, 0.15) is 16.7 Å². The van der Waals surface area contributed by atoms with Crippen LogP contribution in [0.25, 0.3) is 0 Å². The van der Waals surface area contributed by atoms with Gasteiger partial charge in [0.2, 0.25) is 0 Å². The summed E-state index contributed by atoms with van der Waals surface area (Å²) >= 11 is 0. The maximum absolute atomic E-state index is 12.9. The third kappa shape index (κ3) is 7.25. The summed E-state index contributed by atoms with van der Waals surface area (Å²) in [5, 5.41) is 0. The number of rotatable bonds is 10. The van der Waals surface area contributed by atoms with Gasteiger partial charge in [-0.3, -0.25) is 13.3 Å². The summed E-state index contributed by atoms with van der Waals surface area (Å²) < 4.78 is 68.0. The molecular weight excluding hydrogens is 514 g/mol. The van der Waals surface area contributed by atoms with Crippen LogP contribution in [0, 0.1) is 13.8 Å². The Bertz CT molecular complexity index is 1370. The zero-order valence-electron chi connectivity index (χ0n) is 20.8. The number of nitrogens with zero attached hydrogens (tertiary/aromatic N) is 1. The molecule has 0 saturated carbocycles. The van der Waals surface area contributed by atoms with Gasteiger partial charge in [-0.2, -0.15) is 16.8 Å². The van der Waals surface area contributed by atoms with Crippen molar-refractivity contribution < 1.29 is 29.9 Å². The normalized spacial score (nSPS) is 19.1. The zero-order valence-corrected chi connectivity index (χ0v) is 22.5. The van der Waals surface area contributed by atoms with E-state index in [1.807, 2.05) is 49.1 Å². The van der Waals surface area contributed by atoms with Gasteiger partial charge in [0.25, 0.3) is 20.2 Å². The van der Waals surface area contributed by atoms with Crippen LogP contribution < -0.4 is 0 Å². The van der Waals surface area contributed by atoms with E-state index in [1.54, 1.807) is 24.3 Å². The highest BCUT2D eigenvalue weighted by Crippen LogP contribution is 2.23. The molecule has 198 valence electrons. The van der Waals surface area contributed by atoms with Crippen LogP contribution >= 0.6 is 0 Å². The molecule has 0 radical (unpaired) electrons. The molecule has 2 atom stereocenters. The van der Waals surface area contributed by atoms with Crippen LogP contribution in [0.5, 0.6) is 0 Å². The van der Waals surface area contributed by atoms with Crippen molar-refractivity contribution in [2.75, 3.05) is 26.4 Å². The minimum absolute atomic E-state index is 0.0461. The van der Waals surface area contributed by atoms with E-state index in [4.69, 9.17) is 13.1 Å². The fourth-order valence-corrected chi connectivity index (χ4v) is 5.92. The Morgan fingerprint density at radius 2 is 1.27 bits per heavy atom. The fourth-order valence-electron chi connectivity index (χ4n) is 4.08. The summed E-state index contributed by atoms with van der Waals surface area (Å²) in [7, 11) is -8.05. The van der Waals surface area contributed by atoms with Crippen LogP contribution in [0.15, 0.2) is 88.7 Å². The van der Waals surface area contributed by atoms with Gasteiger partial charge in [-0.25, -0.2) is 0 Å². The summed E-state index contributed by atoms with van der Waals surface area (Å²) in [6, 6.07) is 21.9. The quantitative estimate of drug-likeness (QED) is 0.356. The van der Waals surface area contributed by atoms with Crippen LogP contribution in [-0.4, -0.2) is 60.2 Å². The molecule has 0 amide bonds. The Balaban J connectivity index is 1.52. The fraction of sp³-hybridized carbons (Fsp3) is 0.333. The van der Waals surface area contributed by atoms with Crippen LogP contribution in [0.2, 0.25) is 0 Å². The van der Waals surface area contributed by atoms with E-state index in [9.17, 15) is 16.8 Å². The lowest BCUT2D eigenvalue weighted by atomic mass is 10.1. The second kappa shape index (κ2) is 11.8. The molecule has 3 aromatic rings. The average Bonchev–Trinajstić information content (AvgIpc) is 2.88. The smallest absolute Gasteiger partial charge is 0.297 e. The topological polar surface area (TPSA) is 99.2 Å². The third-order valence-electron chi connectivity index (χ3n) is 6.24. The van der Waals surface area contributed by atoms with E-state index in [-0.39, 0.29) is 23.0 Å². The molecule has 1 fully saturated rings. The Hall–Kier alpha value is -2.60. The van der Waals surface area contributed by atoms with Crippen LogP contribution in [-0.2, 0) is 39.9 Å². The second-order valence-electron chi connectivity index (χ2n) is 9.04. The van der Waals surface area contributed by atoms with E-state index in [0.717, 1.165) is 16.7 Å². The third-order valence-corrected chi connectivity index (χ3v) is 8.83. The first-order valence-electron chi connectivity index (χ1n) is 12.0. The van der Waals surface area contributed by atoms with E-state index < -0.39 is 32.4 Å². The molecule has 0 aromatic heterocycles. The highest BCUT2D eigenvalue weighted by Gasteiger charge is 2.35. The lowest BCUT2D eigenvalue weighted by Gasteiger charge is -2.40. The Kier molecular flexibility index (Phi) is 8.79. The van der Waals surface area contributed by atoms with Gasteiger partial charge in [-0.15, -0.1) is 0 Å². The molecule has 3 aromatic carbocycles. The van der Waals surface area contributed by atoms with Crippen molar-refractivity contribution in [3.63, 3.8) is 0 Å². The SMILES string of the molecule is Cc1ccc(S(=O)(=O)OC[C@@H]2OCCN(Cc3ccccc3)[C@H]2COS(=O)(=O)c2ccc(C)cc2)cc1. The van der Waals surface area contributed by atoms with Crippen molar-refractivity contribution in [1.29, 1.82) is 0 Å². The van der Waals surface area contributed by atoms with E-state index in [1.165, 1.54) is 24.3 Å². The molecule has 0 N–H and O–H groups in total. The molecule has 1 aliphatic heterocycles. The van der Waals surface area contributed by atoms with Crippen molar-refractivity contribution >= 4 is 20.2 Å². The molecule has 4 rings (SSSR count). The molecule has 1 saturated heterocycles. The summed E-state index contributed by atoms with van der Waals surface area (Å²) in [4.78, 5) is 2.14. The van der Waals surface area contributed by atoms with Gasteiger partial charge in [0.15, 0.2) is 0 Å². The van der Waals surface area contributed by atoms with Gasteiger partial charge in [0.05, 0.1) is 35.7 Å². The molecule has 10 heteroatoms. The Labute approximate surface area is 219 Å². The standard InChI is InChI=1S/C27H31NO7S2/c1-21-8-12-24(13-9-21)36(29,30)34-19-26-27(20-35-37(31,32)25-14-10-22(2)11-15-25)33-17-16-28(26)18-23-6-4-3-5-7-23/h3-15,26-27H,16-20H2,1-2H3/t26-,27-/m0/s1. The molecule has 1 heterocycles. The number of hydrogen-bond donors (Lipinski definition) is 0. The number of benzene rings is 3. The minimum atomic E-state index is -4.03. The first-order valence-corrected chi connectivity index (χ1v) is 14.8. The minimum Gasteiger partial charge on any atom is -0.373 e. The first-order chi connectivity index (χ1) is 17.6. The number of morpholine rings is 1. The van der Waals surface area contributed by atoms with Crippen molar-refractivity contribution in [2.24, 2.45) is 0 Å². The van der Waals surface area contributed by atoms with E-state index >= 15 is 0 Å². The van der Waals surface area contributed by atoms with Gasteiger partial charge >= 0.3 is 0 Å². The number of ether oxygens (including phenoxy) is 1. The molecule has 37 heavy (non-hydrogen) atoms. The summed E-state index contributed by atoms with van der Waals surface area (Å²) in [6.07, 6.45) is -0.731. The van der Waals surface area contributed by atoms with Gasteiger partial charge in [0, 0.05) is 13.1 Å². The van der Waals surface area contributed by atoms with Crippen LogP contribution in [0.3, 0.4) is 0 Å². The highest BCUT2D eigenvalue weighted by atomic mass is 32.2. The lowest BCUT2D eigenvalue weighted by Crippen LogP contribution is -2.55. The molecule has 0 aliphatic carbocycles. The summed E-state index contributed by atoms with van der Waals surface area (Å²) in [5.74, 6) is 0. The first kappa shape index (κ1) is 27.4. The molecule has 0 unspecified atom stereocenters. The summed E-state index contributed by atoms with van der Waals surface area (Å²) in [5.41, 5.74) is 2.89. The number of aryl methyl sites for hydroxylation is 2. The van der Waals surface area contributed by atoms with Crippen molar-refractivity contribution in [3.05, 3.63) is 95.6 Å². The largest absolute Gasteiger partial charge is 0.373 e. The molecule has 1 aliphatic rings. The highest BCUT2D eigenvalue weighted by molar-refractivity contribution is 7.87. The van der Waals surface area contributed by atoms with Gasteiger partial charge in [-0.1, -0.05) is 65.7 Å². The number of hydrogen-bond acceptors (Lipinski definition) is 8. The Morgan fingerprint density at radius 3 is 1.81 bits per heavy atom. The molecule has 8 nitrogen and oxygen atoms in total. The van der Waals surface area contributed by atoms with E-state index in [2.05, 4.69) is 0 Å². The van der Waals surface area contributed by atoms with Crippen LogP contribution in [0.4, 0.5) is 0 Å². The van der Waals surface area contributed by atoms with E-state index in [0.29, 0.717) is 19.7 Å². The van der Waals surface area contributed by atoms with Gasteiger partial charge in [0.1, 0.15) is 6.10 Å². The lowest BCUT2D eigenvalue weighted by molar-refractivity contribution is -0.0992. The maximum atomic E-state index is 12.9. The monoisotopic (exact) mass is 545 g/mol. The average molecular weight is 546 g/mol. The summed E-state index contributed by atoms with van der Waals surface area (Å²) in [6.45, 7) is 4.62. The van der Waals surface area contributed by atoms with Crippen molar-refractivity contribution in [2.45, 2.75) is 42.3 Å². The second-order valence-corrected chi connectivity index (χ2v) is 12.3. The predicted molar refractivity (Wildman–Crippen MR) is 139 cm³/mol. The predicted octanol–water partition coefficient (Wildman–Crippen LogP) is 3.68. The van der Waals surface area contributed by atoms with Crippen molar-refractivity contribution in [1.82, 2.24) is 4.90 Å². The molecular formula is C27H31NO7S2. The van der Waals surface area contributed by atoms with Gasteiger partial charge < -0.3 is 4.74 Å². The Morgan fingerprint density at radius 1 is 0.757 bits per heavy atom. The molecule has 0 spiro atoms. The van der Waals surface area contributed by atoms with Crippen molar-refractivity contribution in [3.8, 4) is 0 Å². The van der Waals surface area contributed by atoms with Gasteiger partial charge in [-0.05, 0) is 43.7 Å².